The summed E-state index contributed by atoms with van der Waals surface area (Å²) in [6, 6.07) is 8.94. The lowest BCUT2D eigenvalue weighted by Gasteiger charge is -2.15. The van der Waals surface area contributed by atoms with E-state index < -0.39 is 0 Å². The van der Waals surface area contributed by atoms with Crippen LogP contribution in [0.4, 0.5) is 0 Å². The van der Waals surface area contributed by atoms with E-state index in [1.807, 2.05) is 25.1 Å². The topological polar surface area (TPSA) is 60.5 Å². The molecule has 0 spiro atoms. The second kappa shape index (κ2) is 5.73. The second-order valence-electron chi connectivity index (χ2n) is 4.65. The van der Waals surface area contributed by atoms with E-state index in [0.717, 1.165) is 11.3 Å². The van der Waals surface area contributed by atoms with Crippen molar-refractivity contribution in [1.82, 2.24) is 10.3 Å². The normalized spacial score (nSPS) is 13.8. The summed E-state index contributed by atoms with van der Waals surface area (Å²) in [4.78, 5) is 16.3. The summed E-state index contributed by atoms with van der Waals surface area (Å²) in [6.07, 6.45) is 1.63. The van der Waals surface area contributed by atoms with Crippen LogP contribution in [0.5, 0.6) is 11.5 Å². The first-order chi connectivity index (χ1) is 10.1. The van der Waals surface area contributed by atoms with Gasteiger partial charge in [0.1, 0.15) is 4.60 Å². The lowest BCUT2D eigenvalue weighted by Crippen LogP contribution is -2.27. The number of hydrogen-bond acceptors (Lipinski definition) is 4. The SMILES string of the molecule is CC(NC(=O)c1cccnc1Br)c1ccc2c(c1)OCO2. The molecule has 3 rings (SSSR count). The maximum atomic E-state index is 12.2. The summed E-state index contributed by atoms with van der Waals surface area (Å²) in [6.45, 7) is 2.15. The van der Waals surface area contributed by atoms with Crippen molar-refractivity contribution in [1.29, 1.82) is 0 Å². The fourth-order valence-electron chi connectivity index (χ4n) is 2.10. The number of nitrogens with one attached hydrogen (secondary N) is 1. The molecule has 1 atom stereocenters. The number of aromatic nitrogens is 1. The Balaban J connectivity index is 1.76. The number of carbonyl (C=O) groups is 1. The average Bonchev–Trinajstić information content (AvgIpc) is 2.94. The first-order valence-electron chi connectivity index (χ1n) is 6.46. The van der Waals surface area contributed by atoms with Crippen molar-refractivity contribution in [2.24, 2.45) is 0 Å². The van der Waals surface area contributed by atoms with Crippen LogP contribution in [0.15, 0.2) is 41.1 Å². The lowest BCUT2D eigenvalue weighted by atomic mass is 10.1. The molecular weight excluding hydrogens is 336 g/mol. The lowest BCUT2D eigenvalue weighted by molar-refractivity contribution is 0.0938. The monoisotopic (exact) mass is 348 g/mol. The van der Waals surface area contributed by atoms with Gasteiger partial charge in [0.25, 0.3) is 5.91 Å². The highest BCUT2D eigenvalue weighted by molar-refractivity contribution is 9.10. The zero-order valence-electron chi connectivity index (χ0n) is 11.3. The van der Waals surface area contributed by atoms with Crippen LogP contribution in [0, 0.1) is 0 Å². The van der Waals surface area contributed by atoms with E-state index in [1.165, 1.54) is 0 Å². The van der Waals surface area contributed by atoms with Gasteiger partial charge in [0, 0.05) is 6.20 Å². The molecule has 1 amide bonds. The Morgan fingerprint density at radius 1 is 1.33 bits per heavy atom. The van der Waals surface area contributed by atoms with Crippen LogP contribution in [0.1, 0.15) is 28.9 Å². The third-order valence-corrected chi connectivity index (χ3v) is 3.88. The Hall–Kier alpha value is -2.08. The molecule has 2 heterocycles. The maximum Gasteiger partial charge on any atom is 0.254 e. The zero-order valence-corrected chi connectivity index (χ0v) is 12.9. The smallest absolute Gasteiger partial charge is 0.254 e. The van der Waals surface area contributed by atoms with E-state index in [9.17, 15) is 4.79 Å². The summed E-state index contributed by atoms with van der Waals surface area (Å²) >= 11 is 3.28. The van der Waals surface area contributed by atoms with Gasteiger partial charge in [-0.3, -0.25) is 4.79 Å². The number of nitrogens with zero attached hydrogens (tertiary/aromatic N) is 1. The first kappa shape index (κ1) is 13.9. The number of carbonyl (C=O) groups excluding carboxylic acids is 1. The van der Waals surface area contributed by atoms with Crippen LogP contribution in [-0.2, 0) is 0 Å². The van der Waals surface area contributed by atoms with Gasteiger partial charge in [0.2, 0.25) is 6.79 Å². The van der Waals surface area contributed by atoms with Crippen molar-refractivity contribution in [2.45, 2.75) is 13.0 Å². The highest BCUT2D eigenvalue weighted by Gasteiger charge is 2.18. The van der Waals surface area contributed by atoms with Gasteiger partial charge >= 0.3 is 0 Å². The van der Waals surface area contributed by atoms with Gasteiger partial charge in [-0.25, -0.2) is 4.98 Å². The van der Waals surface area contributed by atoms with Crippen molar-refractivity contribution in [3.63, 3.8) is 0 Å². The highest BCUT2D eigenvalue weighted by Crippen LogP contribution is 2.34. The molecule has 6 heteroatoms. The molecule has 0 saturated heterocycles. The average molecular weight is 349 g/mol. The molecule has 21 heavy (non-hydrogen) atoms. The van der Waals surface area contributed by atoms with Gasteiger partial charge in [0.05, 0.1) is 11.6 Å². The fourth-order valence-corrected chi connectivity index (χ4v) is 2.53. The van der Waals surface area contributed by atoms with Crippen LogP contribution in [0.25, 0.3) is 0 Å². The summed E-state index contributed by atoms with van der Waals surface area (Å²) in [7, 11) is 0. The zero-order chi connectivity index (χ0) is 14.8. The van der Waals surface area contributed by atoms with Gasteiger partial charge in [-0.1, -0.05) is 6.07 Å². The molecule has 0 aliphatic carbocycles. The minimum atomic E-state index is -0.180. The molecule has 1 aromatic carbocycles. The molecule has 5 nitrogen and oxygen atoms in total. The highest BCUT2D eigenvalue weighted by atomic mass is 79.9. The van der Waals surface area contributed by atoms with E-state index in [2.05, 4.69) is 26.2 Å². The van der Waals surface area contributed by atoms with Gasteiger partial charge < -0.3 is 14.8 Å². The molecule has 0 bridgehead atoms. The first-order valence-corrected chi connectivity index (χ1v) is 7.25. The van der Waals surface area contributed by atoms with Crippen LogP contribution in [0.3, 0.4) is 0 Å². The third kappa shape index (κ3) is 2.85. The molecule has 0 saturated carbocycles. The number of pyridine rings is 1. The van der Waals surface area contributed by atoms with E-state index in [4.69, 9.17) is 9.47 Å². The van der Waals surface area contributed by atoms with Crippen LogP contribution >= 0.6 is 15.9 Å². The predicted octanol–water partition coefficient (Wildman–Crippen LogP) is 3.06. The molecule has 1 aromatic heterocycles. The summed E-state index contributed by atoms with van der Waals surface area (Å²) in [5, 5.41) is 2.94. The van der Waals surface area contributed by atoms with E-state index in [0.29, 0.717) is 15.9 Å². The summed E-state index contributed by atoms with van der Waals surface area (Å²) in [5.74, 6) is 1.25. The largest absolute Gasteiger partial charge is 0.454 e. The van der Waals surface area contributed by atoms with Crippen LogP contribution < -0.4 is 14.8 Å². The van der Waals surface area contributed by atoms with E-state index in [1.54, 1.807) is 18.3 Å². The number of halogens is 1. The fraction of sp³-hybridized carbons (Fsp3) is 0.200. The number of benzene rings is 1. The number of fused-ring (bicyclic) bond motifs is 1. The Morgan fingerprint density at radius 3 is 2.95 bits per heavy atom. The van der Waals surface area contributed by atoms with Crippen molar-refractivity contribution >= 4 is 21.8 Å². The maximum absolute atomic E-state index is 12.2. The summed E-state index contributed by atoms with van der Waals surface area (Å²) in [5.41, 5.74) is 1.46. The molecule has 2 aromatic rings. The van der Waals surface area contributed by atoms with Crippen LogP contribution in [0.2, 0.25) is 0 Å². The number of hydrogen-bond donors (Lipinski definition) is 1. The standard InChI is InChI=1S/C15H13BrN2O3/c1-9(10-4-5-12-13(7-10)21-8-20-12)18-15(19)11-3-2-6-17-14(11)16/h2-7,9H,8H2,1H3,(H,18,19). The van der Waals surface area contributed by atoms with Gasteiger partial charge in [-0.2, -0.15) is 0 Å². The Bertz CT molecular complexity index is 690. The predicted molar refractivity (Wildman–Crippen MR) is 80.4 cm³/mol. The van der Waals surface area contributed by atoms with Crippen molar-refractivity contribution in [3.05, 3.63) is 52.3 Å². The minimum Gasteiger partial charge on any atom is -0.454 e. The van der Waals surface area contributed by atoms with Crippen molar-refractivity contribution in [2.75, 3.05) is 6.79 Å². The molecule has 108 valence electrons. The molecular formula is C15H13BrN2O3. The minimum absolute atomic E-state index is 0.154. The third-order valence-electron chi connectivity index (χ3n) is 3.25. The Kier molecular flexibility index (Phi) is 3.79. The Labute approximate surface area is 130 Å². The van der Waals surface area contributed by atoms with Gasteiger partial charge in [-0.05, 0) is 52.7 Å². The van der Waals surface area contributed by atoms with Gasteiger partial charge in [0.15, 0.2) is 11.5 Å². The number of amides is 1. The number of ether oxygens (including phenoxy) is 2. The van der Waals surface area contributed by atoms with E-state index >= 15 is 0 Å². The molecule has 1 aliphatic heterocycles. The summed E-state index contributed by atoms with van der Waals surface area (Å²) < 4.78 is 11.1. The van der Waals surface area contributed by atoms with Gasteiger partial charge in [-0.15, -0.1) is 0 Å². The van der Waals surface area contributed by atoms with Crippen molar-refractivity contribution in [3.8, 4) is 11.5 Å². The molecule has 0 fully saturated rings. The van der Waals surface area contributed by atoms with E-state index in [-0.39, 0.29) is 18.7 Å². The Morgan fingerprint density at radius 2 is 2.14 bits per heavy atom. The molecule has 0 radical (unpaired) electrons. The molecule has 1 N–H and O–H groups in total. The molecule has 1 aliphatic rings. The van der Waals surface area contributed by atoms with Crippen molar-refractivity contribution < 1.29 is 14.3 Å². The number of rotatable bonds is 3. The quantitative estimate of drug-likeness (QED) is 0.866. The second-order valence-corrected chi connectivity index (χ2v) is 5.40. The van der Waals surface area contributed by atoms with Crippen LogP contribution in [-0.4, -0.2) is 17.7 Å². The molecule has 1 unspecified atom stereocenters.